The Labute approximate surface area is 83.7 Å². The number of nitrogens with two attached hydrogens (primary N) is 1. The lowest BCUT2D eigenvalue weighted by Gasteiger charge is -2.15. The van der Waals surface area contributed by atoms with Crippen LogP contribution >= 0.6 is 0 Å². The summed E-state index contributed by atoms with van der Waals surface area (Å²) in [5, 5.41) is 11.3. The molecule has 0 saturated heterocycles. The van der Waals surface area contributed by atoms with Crippen molar-refractivity contribution in [3.05, 3.63) is 0 Å². The Morgan fingerprint density at radius 3 is 2.36 bits per heavy atom. The van der Waals surface area contributed by atoms with E-state index in [1.807, 2.05) is 0 Å². The quantitative estimate of drug-likeness (QED) is 0.520. The third kappa shape index (κ3) is 4.23. The van der Waals surface area contributed by atoms with Gasteiger partial charge in [-0.3, -0.25) is 9.59 Å². The van der Waals surface area contributed by atoms with Gasteiger partial charge in [-0.15, -0.1) is 0 Å². The number of nitrogens with one attached hydrogen (secondary N) is 1. The summed E-state index contributed by atoms with van der Waals surface area (Å²) < 4.78 is 0. The highest BCUT2D eigenvalue weighted by atomic mass is 16.4. The van der Waals surface area contributed by atoms with Crippen molar-refractivity contribution in [1.29, 1.82) is 0 Å². The first-order valence-corrected chi connectivity index (χ1v) is 4.71. The number of hydrogen-bond acceptors (Lipinski definition) is 3. The van der Waals surface area contributed by atoms with E-state index < -0.39 is 17.8 Å². The number of carboxylic acids is 1. The van der Waals surface area contributed by atoms with Gasteiger partial charge in [0.05, 0.1) is 5.92 Å². The largest absolute Gasteiger partial charge is 0.481 e. The van der Waals surface area contributed by atoms with E-state index in [-0.39, 0.29) is 5.91 Å². The Balaban J connectivity index is 3.92. The minimum absolute atomic E-state index is 0.228. The van der Waals surface area contributed by atoms with Gasteiger partial charge in [-0.05, 0) is 13.0 Å². The summed E-state index contributed by atoms with van der Waals surface area (Å²) in [6.45, 7) is 4.15. The fraction of sp³-hybridized carbons (Fsp3) is 0.778. The van der Waals surface area contributed by atoms with Crippen molar-refractivity contribution in [3.63, 3.8) is 0 Å². The smallest absolute Gasteiger partial charge is 0.307 e. The molecule has 0 bridgehead atoms. The van der Waals surface area contributed by atoms with Crippen LogP contribution in [0.25, 0.3) is 0 Å². The summed E-state index contributed by atoms with van der Waals surface area (Å²) in [5.41, 5.74) is 5.25. The Hall–Kier alpha value is -1.10. The number of amides is 1. The lowest BCUT2D eigenvalue weighted by molar-refractivity contribution is -0.146. The van der Waals surface area contributed by atoms with Crippen molar-refractivity contribution in [2.24, 2.45) is 17.6 Å². The first-order chi connectivity index (χ1) is 6.50. The predicted octanol–water partition coefficient (Wildman–Crippen LogP) is -0.192. The summed E-state index contributed by atoms with van der Waals surface area (Å²) in [4.78, 5) is 21.9. The van der Waals surface area contributed by atoms with E-state index in [0.29, 0.717) is 19.5 Å². The lowest BCUT2D eigenvalue weighted by Crippen LogP contribution is -2.36. The summed E-state index contributed by atoms with van der Waals surface area (Å²) in [7, 11) is 0. The molecule has 82 valence electrons. The number of carbonyl (C=O) groups excluding carboxylic acids is 1. The molecular formula is C9H18N2O3. The maximum absolute atomic E-state index is 11.3. The standard InChI is InChI=1S/C9H18N2O3/c1-6(7(2)9(13)14)8(12)11-5-3-4-10/h6-7H,3-5,10H2,1-2H3,(H,11,12)(H,13,14). The highest BCUT2D eigenvalue weighted by Crippen LogP contribution is 2.10. The number of aliphatic carboxylic acids is 1. The third-order valence-electron chi connectivity index (χ3n) is 2.23. The van der Waals surface area contributed by atoms with Gasteiger partial charge in [-0.2, -0.15) is 0 Å². The topological polar surface area (TPSA) is 92.4 Å². The van der Waals surface area contributed by atoms with Gasteiger partial charge in [-0.1, -0.05) is 13.8 Å². The van der Waals surface area contributed by atoms with Gasteiger partial charge in [0.25, 0.3) is 0 Å². The second-order valence-corrected chi connectivity index (χ2v) is 3.35. The molecule has 0 aliphatic heterocycles. The van der Waals surface area contributed by atoms with Gasteiger partial charge in [0.15, 0.2) is 0 Å². The molecule has 0 fully saturated rings. The van der Waals surface area contributed by atoms with E-state index in [9.17, 15) is 9.59 Å². The molecule has 0 rings (SSSR count). The van der Waals surface area contributed by atoms with Gasteiger partial charge < -0.3 is 16.2 Å². The monoisotopic (exact) mass is 202 g/mol. The first-order valence-electron chi connectivity index (χ1n) is 4.71. The zero-order valence-corrected chi connectivity index (χ0v) is 8.62. The molecule has 0 radical (unpaired) electrons. The molecule has 0 saturated carbocycles. The zero-order chi connectivity index (χ0) is 11.1. The van der Waals surface area contributed by atoms with Crippen molar-refractivity contribution in [2.75, 3.05) is 13.1 Å². The van der Waals surface area contributed by atoms with E-state index in [1.54, 1.807) is 6.92 Å². The second-order valence-electron chi connectivity index (χ2n) is 3.35. The minimum atomic E-state index is -0.952. The maximum atomic E-state index is 11.3. The van der Waals surface area contributed by atoms with Crippen molar-refractivity contribution in [2.45, 2.75) is 20.3 Å². The SMILES string of the molecule is CC(C(=O)O)C(C)C(=O)NCCCN. The maximum Gasteiger partial charge on any atom is 0.307 e. The highest BCUT2D eigenvalue weighted by Gasteiger charge is 2.25. The molecule has 2 unspecified atom stereocenters. The molecule has 0 aliphatic rings. The number of hydrogen-bond donors (Lipinski definition) is 3. The highest BCUT2D eigenvalue weighted by molar-refractivity contribution is 5.84. The molecule has 2 atom stereocenters. The van der Waals surface area contributed by atoms with Crippen LogP contribution in [0.2, 0.25) is 0 Å². The van der Waals surface area contributed by atoms with Gasteiger partial charge in [0.1, 0.15) is 0 Å². The average Bonchev–Trinajstić information content (AvgIpc) is 2.15. The molecule has 5 nitrogen and oxygen atoms in total. The van der Waals surface area contributed by atoms with Crippen LogP contribution in [0, 0.1) is 11.8 Å². The third-order valence-corrected chi connectivity index (χ3v) is 2.23. The van der Waals surface area contributed by atoms with Crippen LogP contribution in [0.5, 0.6) is 0 Å². The van der Waals surface area contributed by atoms with Crippen molar-refractivity contribution in [1.82, 2.24) is 5.32 Å². The first kappa shape index (κ1) is 12.9. The summed E-state index contributed by atoms with van der Waals surface area (Å²) in [6, 6.07) is 0. The van der Waals surface area contributed by atoms with E-state index in [0.717, 1.165) is 0 Å². The summed E-state index contributed by atoms with van der Waals surface area (Å²) >= 11 is 0. The van der Waals surface area contributed by atoms with E-state index in [2.05, 4.69) is 5.32 Å². The molecule has 0 aromatic heterocycles. The summed E-state index contributed by atoms with van der Waals surface area (Å²) in [6.07, 6.45) is 0.708. The molecule has 0 aromatic rings. The van der Waals surface area contributed by atoms with Crippen LogP contribution < -0.4 is 11.1 Å². The van der Waals surface area contributed by atoms with Crippen LogP contribution in [0.4, 0.5) is 0 Å². The normalized spacial score (nSPS) is 14.5. The summed E-state index contributed by atoms with van der Waals surface area (Å²) in [5.74, 6) is -2.35. The van der Waals surface area contributed by atoms with E-state index in [1.165, 1.54) is 6.92 Å². The van der Waals surface area contributed by atoms with E-state index >= 15 is 0 Å². The van der Waals surface area contributed by atoms with Gasteiger partial charge in [0.2, 0.25) is 5.91 Å². The molecular weight excluding hydrogens is 184 g/mol. The van der Waals surface area contributed by atoms with Gasteiger partial charge in [0, 0.05) is 12.5 Å². The molecule has 14 heavy (non-hydrogen) atoms. The van der Waals surface area contributed by atoms with Crippen LogP contribution in [-0.4, -0.2) is 30.1 Å². The van der Waals surface area contributed by atoms with Crippen LogP contribution in [-0.2, 0) is 9.59 Å². The molecule has 1 amide bonds. The number of carbonyl (C=O) groups is 2. The minimum Gasteiger partial charge on any atom is -0.481 e. The second kappa shape index (κ2) is 6.37. The Morgan fingerprint density at radius 2 is 1.93 bits per heavy atom. The van der Waals surface area contributed by atoms with Crippen molar-refractivity contribution >= 4 is 11.9 Å². The van der Waals surface area contributed by atoms with Crippen LogP contribution in [0.15, 0.2) is 0 Å². The number of carboxylic acid groups (broad SMARTS) is 1. The van der Waals surface area contributed by atoms with Gasteiger partial charge in [-0.25, -0.2) is 0 Å². The van der Waals surface area contributed by atoms with Crippen molar-refractivity contribution in [3.8, 4) is 0 Å². The molecule has 5 heteroatoms. The Kier molecular flexibility index (Phi) is 5.87. The fourth-order valence-corrected chi connectivity index (χ4v) is 0.916. The van der Waals surface area contributed by atoms with E-state index in [4.69, 9.17) is 10.8 Å². The average molecular weight is 202 g/mol. The zero-order valence-electron chi connectivity index (χ0n) is 8.62. The molecule has 0 spiro atoms. The van der Waals surface area contributed by atoms with Crippen LogP contribution in [0.1, 0.15) is 20.3 Å². The lowest BCUT2D eigenvalue weighted by atomic mass is 9.95. The van der Waals surface area contributed by atoms with Gasteiger partial charge >= 0.3 is 5.97 Å². The molecule has 0 aliphatic carbocycles. The Bertz CT molecular complexity index is 206. The fourth-order valence-electron chi connectivity index (χ4n) is 0.916. The Morgan fingerprint density at radius 1 is 1.36 bits per heavy atom. The van der Waals surface area contributed by atoms with Crippen molar-refractivity contribution < 1.29 is 14.7 Å². The molecule has 0 aromatic carbocycles. The number of rotatable bonds is 6. The molecule has 4 N–H and O–H groups in total. The van der Waals surface area contributed by atoms with Crippen LogP contribution in [0.3, 0.4) is 0 Å². The molecule has 0 heterocycles. The predicted molar refractivity (Wildman–Crippen MR) is 52.6 cm³/mol.